The highest BCUT2D eigenvalue weighted by atomic mass is 35.5. The number of aliphatic hydroxyl groups excluding tert-OH is 1. The Kier molecular flexibility index (Phi) is 4.96. The Balaban J connectivity index is 2.87. The quantitative estimate of drug-likeness (QED) is 0.780. The normalized spacial score (nSPS) is 12.9. The number of nitrogens with zero attached hydrogens (tertiary/aromatic N) is 2. The molecule has 0 aliphatic carbocycles. The average molecular weight is 244 g/mol. The molecule has 1 heterocycles. The number of aromatic nitrogens is 2. The summed E-state index contributed by atoms with van der Waals surface area (Å²) in [6.07, 6.45) is 0.829. The number of rotatable bonds is 5. The summed E-state index contributed by atoms with van der Waals surface area (Å²) in [7, 11) is 0. The van der Waals surface area contributed by atoms with E-state index in [1.807, 2.05) is 20.8 Å². The van der Waals surface area contributed by atoms with Crippen molar-refractivity contribution in [3.8, 4) is 0 Å². The summed E-state index contributed by atoms with van der Waals surface area (Å²) in [5.41, 5.74) is 0. The standard InChI is InChI=1S/C11H18ClN3O/c1-4-8(6-16)13-10-5-9(12)14-11(15-10)7(2)3/h5,7-8,16H,4,6H2,1-3H3,(H,13,14,15). The molecule has 5 heteroatoms. The molecule has 1 rings (SSSR count). The van der Waals surface area contributed by atoms with Crippen LogP contribution in [0.1, 0.15) is 38.9 Å². The fraction of sp³-hybridized carbons (Fsp3) is 0.636. The lowest BCUT2D eigenvalue weighted by Crippen LogP contribution is -2.23. The third kappa shape index (κ3) is 3.61. The highest BCUT2D eigenvalue weighted by Gasteiger charge is 2.10. The summed E-state index contributed by atoms with van der Waals surface area (Å²) < 4.78 is 0. The van der Waals surface area contributed by atoms with Gasteiger partial charge < -0.3 is 10.4 Å². The van der Waals surface area contributed by atoms with E-state index >= 15 is 0 Å². The van der Waals surface area contributed by atoms with Crippen LogP contribution in [0, 0.1) is 0 Å². The van der Waals surface area contributed by atoms with Crippen LogP contribution in [0.2, 0.25) is 5.15 Å². The van der Waals surface area contributed by atoms with Crippen molar-refractivity contribution in [2.75, 3.05) is 11.9 Å². The number of hydrogen-bond acceptors (Lipinski definition) is 4. The van der Waals surface area contributed by atoms with E-state index in [2.05, 4.69) is 15.3 Å². The van der Waals surface area contributed by atoms with Gasteiger partial charge in [-0.3, -0.25) is 0 Å². The van der Waals surface area contributed by atoms with Crippen LogP contribution >= 0.6 is 11.6 Å². The second kappa shape index (κ2) is 6.01. The van der Waals surface area contributed by atoms with Crippen LogP contribution in [0.25, 0.3) is 0 Å². The van der Waals surface area contributed by atoms with Gasteiger partial charge in [-0.25, -0.2) is 9.97 Å². The molecule has 0 fully saturated rings. The highest BCUT2D eigenvalue weighted by molar-refractivity contribution is 6.29. The van der Waals surface area contributed by atoms with Gasteiger partial charge in [0.2, 0.25) is 0 Å². The Morgan fingerprint density at radius 3 is 2.62 bits per heavy atom. The predicted octanol–water partition coefficient (Wildman–Crippen LogP) is 2.44. The highest BCUT2D eigenvalue weighted by Crippen LogP contribution is 2.17. The molecule has 90 valence electrons. The van der Waals surface area contributed by atoms with Gasteiger partial charge in [-0.05, 0) is 6.42 Å². The lowest BCUT2D eigenvalue weighted by atomic mass is 10.2. The molecule has 0 bridgehead atoms. The van der Waals surface area contributed by atoms with Crippen LogP contribution < -0.4 is 5.32 Å². The molecule has 1 atom stereocenters. The zero-order valence-corrected chi connectivity index (χ0v) is 10.6. The summed E-state index contributed by atoms with van der Waals surface area (Å²) in [5.74, 6) is 1.61. The van der Waals surface area contributed by atoms with Crippen molar-refractivity contribution in [1.29, 1.82) is 0 Å². The van der Waals surface area contributed by atoms with Crippen molar-refractivity contribution in [1.82, 2.24) is 9.97 Å². The van der Waals surface area contributed by atoms with Crippen molar-refractivity contribution in [3.05, 3.63) is 17.0 Å². The van der Waals surface area contributed by atoms with E-state index in [1.165, 1.54) is 0 Å². The van der Waals surface area contributed by atoms with Gasteiger partial charge in [0.15, 0.2) is 0 Å². The first-order valence-electron chi connectivity index (χ1n) is 5.48. The maximum Gasteiger partial charge on any atom is 0.135 e. The number of hydrogen-bond donors (Lipinski definition) is 2. The van der Waals surface area contributed by atoms with E-state index in [0.29, 0.717) is 16.8 Å². The van der Waals surface area contributed by atoms with E-state index in [0.717, 1.165) is 6.42 Å². The molecular weight excluding hydrogens is 226 g/mol. The maximum absolute atomic E-state index is 9.10. The molecule has 0 radical (unpaired) electrons. The van der Waals surface area contributed by atoms with Gasteiger partial charge >= 0.3 is 0 Å². The van der Waals surface area contributed by atoms with Crippen LogP contribution in [0.4, 0.5) is 5.82 Å². The molecule has 2 N–H and O–H groups in total. The van der Waals surface area contributed by atoms with Crippen molar-refractivity contribution in [2.24, 2.45) is 0 Å². The van der Waals surface area contributed by atoms with Crippen LogP contribution in [-0.2, 0) is 0 Å². The summed E-state index contributed by atoms with van der Waals surface area (Å²) in [4.78, 5) is 8.50. The Morgan fingerprint density at radius 1 is 1.44 bits per heavy atom. The van der Waals surface area contributed by atoms with Crippen molar-refractivity contribution >= 4 is 17.4 Å². The average Bonchev–Trinajstić information content (AvgIpc) is 2.25. The minimum atomic E-state index is 0.00554. The summed E-state index contributed by atoms with van der Waals surface area (Å²) in [6, 6.07) is 1.68. The number of anilines is 1. The molecule has 0 saturated heterocycles. The Hall–Kier alpha value is -0.870. The first-order valence-corrected chi connectivity index (χ1v) is 5.86. The number of halogens is 1. The van der Waals surface area contributed by atoms with Crippen LogP contribution in [0.3, 0.4) is 0 Å². The largest absolute Gasteiger partial charge is 0.394 e. The fourth-order valence-electron chi connectivity index (χ4n) is 1.25. The topological polar surface area (TPSA) is 58.0 Å². The SMILES string of the molecule is CCC(CO)Nc1cc(Cl)nc(C(C)C)n1. The lowest BCUT2D eigenvalue weighted by molar-refractivity contribution is 0.271. The first kappa shape index (κ1) is 13.2. The van der Waals surface area contributed by atoms with Gasteiger partial charge in [0.05, 0.1) is 12.6 Å². The molecular formula is C11H18ClN3O. The third-order valence-electron chi connectivity index (χ3n) is 2.29. The summed E-state index contributed by atoms with van der Waals surface area (Å²) in [6.45, 7) is 6.10. The van der Waals surface area contributed by atoms with E-state index in [4.69, 9.17) is 16.7 Å². The van der Waals surface area contributed by atoms with Gasteiger partial charge in [-0.15, -0.1) is 0 Å². The maximum atomic E-state index is 9.10. The minimum Gasteiger partial charge on any atom is -0.394 e. The van der Waals surface area contributed by atoms with Crippen LogP contribution in [-0.4, -0.2) is 27.7 Å². The Morgan fingerprint density at radius 2 is 2.12 bits per heavy atom. The lowest BCUT2D eigenvalue weighted by Gasteiger charge is -2.15. The zero-order chi connectivity index (χ0) is 12.1. The number of aliphatic hydroxyl groups is 1. The Labute approximate surface area is 101 Å². The third-order valence-corrected chi connectivity index (χ3v) is 2.49. The van der Waals surface area contributed by atoms with E-state index in [9.17, 15) is 0 Å². The van der Waals surface area contributed by atoms with Crippen molar-refractivity contribution in [2.45, 2.75) is 39.2 Å². The fourth-order valence-corrected chi connectivity index (χ4v) is 1.44. The molecule has 0 aromatic carbocycles. The smallest absolute Gasteiger partial charge is 0.135 e. The van der Waals surface area contributed by atoms with E-state index < -0.39 is 0 Å². The van der Waals surface area contributed by atoms with Crippen molar-refractivity contribution in [3.63, 3.8) is 0 Å². The molecule has 1 aromatic heterocycles. The molecule has 0 aliphatic rings. The van der Waals surface area contributed by atoms with Crippen molar-refractivity contribution < 1.29 is 5.11 Å². The molecule has 4 nitrogen and oxygen atoms in total. The Bertz CT molecular complexity index is 340. The predicted molar refractivity (Wildman–Crippen MR) is 65.9 cm³/mol. The van der Waals surface area contributed by atoms with Gasteiger partial charge in [0.1, 0.15) is 16.8 Å². The molecule has 0 saturated carbocycles. The van der Waals surface area contributed by atoms with Gasteiger partial charge in [0, 0.05) is 12.0 Å². The van der Waals surface area contributed by atoms with Gasteiger partial charge in [-0.2, -0.15) is 0 Å². The van der Waals surface area contributed by atoms with E-state index in [-0.39, 0.29) is 18.6 Å². The second-order valence-electron chi connectivity index (χ2n) is 4.02. The molecule has 0 aliphatic heterocycles. The minimum absolute atomic E-state index is 0.00554. The summed E-state index contributed by atoms with van der Waals surface area (Å²) >= 11 is 5.91. The van der Waals surface area contributed by atoms with Crippen LogP contribution in [0.15, 0.2) is 6.07 Å². The molecule has 1 aromatic rings. The monoisotopic (exact) mass is 243 g/mol. The van der Waals surface area contributed by atoms with Gasteiger partial charge in [-0.1, -0.05) is 32.4 Å². The first-order chi connectivity index (χ1) is 7.56. The molecule has 1 unspecified atom stereocenters. The molecule has 0 spiro atoms. The number of nitrogens with one attached hydrogen (secondary N) is 1. The van der Waals surface area contributed by atoms with E-state index in [1.54, 1.807) is 6.07 Å². The molecule has 16 heavy (non-hydrogen) atoms. The summed E-state index contributed by atoms with van der Waals surface area (Å²) in [5, 5.41) is 12.7. The van der Waals surface area contributed by atoms with Gasteiger partial charge in [0.25, 0.3) is 0 Å². The van der Waals surface area contributed by atoms with Crippen LogP contribution in [0.5, 0.6) is 0 Å². The molecule has 0 amide bonds. The second-order valence-corrected chi connectivity index (χ2v) is 4.41. The zero-order valence-electron chi connectivity index (χ0n) is 9.87.